The fourth-order valence-electron chi connectivity index (χ4n) is 3.62. The minimum atomic E-state index is -4.19. The SMILES string of the molecule is CCNC(=O)[C@H](C)N(Cc1ccc(Cl)cc1Cl)C(=O)CN(c1ccccc1Cl)S(=O)(=O)c1ccccc1. The van der Waals surface area contributed by atoms with Crippen LogP contribution < -0.4 is 9.62 Å². The van der Waals surface area contributed by atoms with E-state index < -0.39 is 34.4 Å². The minimum absolute atomic E-state index is 0.00760. The maximum atomic E-state index is 13.8. The molecule has 0 spiro atoms. The molecule has 2 amide bonds. The fourth-order valence-corrected chi connectivity index (χ4v) is 5.84. The lowest BCUT2D eigenvalue weighted by atomic mass is 10.1. The highest BCUT2D eigenvalue weighted by atomic mass is 35.5. The predicted molar refractivity (Wildman–Crippen MR) is 148 cm³/mol. The molecule has 0 aliphatic heterocycles. The first-order valence-corrected chi connectivity index (χ1v) is 14.0. The number of anilines is 1. The number of nitrogens with zero attached hydrogens (tertiary/aromatic N) is 2. The van der Waals surface area contributed by atoms with Gasteiger partial charge in [0, 0.05) is 23.1 Å². The van der Waals surface area contributed by atoms with Crippen LogP contribution in [0, 0.1) is 0 Å². The third kappa shape index (κ3) is 6.96. The summed E-state index contributed by atoms with van der Waals surface area (Å²) in [5, 5.41) is 3.58. The molecule has 11 heteroatoms. The van der Waals surface area contributed by atoms with Crippen LogP contribution in [-0.2, 0) is 26.2 Å². The number of amides is 2. The van der Waals surface area contributed by atoms with Crippen LogP contribution in [0.25, 0.3) is 0 Å². The van der Waals surface area contributed by atoms with Crippen LogP contribution in [0.15, 0.2) is 77.7 Å². The Morgan fingerprint density at radius 2 is 1.57 bits per heavy atom. The number of sulfonamides is 1. The summed E-state index contributed by atoms with van der Waals surface area (Å²) in [6, 6.07) is 18.0. The zero-order valence-electron chi connectivity index (χ0n) is 20.2. The van der Waals surface area contributed by atoms with Gasteiger partial charge in [-0.3, -0.25) is 13.9 Å². The Hall–Kier alpha value is -2.78. The van der Waals surface area contributed by atoms with Crippen molar-refractivity contribution in [2.45, 2.75) is 31.3 Å². The molecule has 0 unspecified atom stereocenters. The number of para-hydroxylation sites is 1. The fraction of sp³-hybridized carbons (Fsp3) is 0.231. The third-order valence-electron chi connectivity index (χ3n) is 5.61. The van der Waals surface area contributed by atoms with E-state index in [9.17, 15) is 18.0 Å². The molecule has 0 fully saturated rings. The van der Waals surface area contributed by atoms with Gasteiger partial charge in [0.25, 0.3) is 10.0 Å². The first kappa shape index (κ1) is 28.8. The molecule has 0 aromatic heterocycles. The molecule has 1 N–H and O–H groups in total. The van der Waals surface area contributed by atoms with Crippen LogP contribution in [0.1, 0.15) is 19.4 Å². The highest BCUT2D eigenvalue weighted by Gasteiger charge is 2.33. The number of hydrogen-bond donors (Lipinski definition) is 1. The van der Waals surface area contributed by atoms with Crippen molar-refractivity contribution in [1.29, 1.82) is 0 Å². The van der Waals surface area contributed by atoms with Gasteiger partial charge in [0.05, 0.1) is 15.6 Å². The summed E-state index contributed by atoms with van der Waals surface area (Å²) in [6.45, 7) is 3.04. The van der Waals surface area contributed by atoms with Crippen molar-refractivity contribution in [3.63, 3.8) is 0 Å². The number of nitrogens with one attached hydrogen (secondary N) is 1. The van der Waals surface area contributed by atoms with Gasteiger partial charge in [-0.1, -0.05) is 71.2 Å². The van der Waals surface area contributed by atoms with Gasteiger partial charge in [-0.2, -0.15) is 0 Å². The standard InChI is InChI=1S/C26H26Cl3N3O4S/c1-3-30-26(34)18(2)31(16-19-13-14-20(27)15-23(19)29)25(33)17-32(24-12-8-7-11-22(24)28)37(35,36)21-9-5-4-6-10-21/h4-15,18H,3,16-17H2,1-2H3,(H,30,34)/t18-/m0/s1. The minimum Gasteiger partial charge on any atom is -0.355 e. The Labute approximate surface area is 232 Å². The van der Waals surface area contributed by atoms with Gasteiger partial charge >= 0.3 is 0 Å². The first-order chi connectivity index (χ1) is 17.6. The predicted octanol–water partition coefficient (Wildman–Crippen LogP) is 5.40. The molecule has 0 heterocycles. The maximum Gasteiger partial charge on any atom is 0.264 e. The molecule has 0 bridgehead atoms. The van der Waals surface area contributed by atoms with E-state index in [1.54, 1.807) is 56.3 Å². The van der Waals surface area contributed by atoms with E-state index in [2.05, 4.69) is 5.32 Å². The largest absolute Gasteiger partial charge is 0.355 e. The Kier molecular flexibility index (Phi) is 9.84. The van der Waals surface area contributed by atoms with Gasteiger partial charge < -0.3 is 10.2 Å². The molecule has 3 aromatic carbocycles. The summed E-state index contributed by atoms with van der Waals surface area (Å²) in [7, 11) is -4.19. The van der Waals surface area contributed by atoms with E-state index in [4.69, 9.17) is 34.8 Å². The van der Waals surface area contributed by atoms with Crippen LogP contribution in [0.5, 0.6) is 0 Å². The van der Waals surface area contributed by atoms with Gasteiger partial charge in [0.2, 0.25) is 11.8 Å². The van der Waals surface area contributed by atoms with Crippen LogP contribution in [0.3, 0.4) is 0 Å². The van der Waals surface area contributed by atoms with E-state index in [1.165, 1.54) is 35.2 Å². The molecule has 7 nitrogen and oxygen atoms in total. The van der Waals surface area contributed by atoms with Crippen molar-refractivity contribution in [2.75, 3.05) is 17.4 Å². The van der Waals surface area contributed by atoms with Crippen molar-refractivity contribution in [3.8, 4) is 0 Å². The van der Waals surface area contributed by atoms with Crippen molar-refractivity contribution in [3.05, 3.63) is 93.4 Å². The summed E-state index contributed by atoms with van der Waals surface area (Å²) in [6.07, 6.45) is 0. The average molecular weight is 583 g/mol. The van der Waals surface area contributed by atoms with Gasteiger partial charge in [0.1, 0.15) is 12.6 Å². The smallest absolute Gasteiger partial charge is 0.264 e. The molecule has 0 saturated heterocycles. The van der Waals surface area contributed by atoms with Crippen molar-refractivity contribution in [2.24, 2.45) is 0 Å². The number of halogens is 3. The molecule has 0 aliphatic rings. The van der Waals surface area contributed by atoms with Gasteiger partial charge in [-0.25, -0.2) is 8.42 Å². The number of carbonyl (C=O) groups excluding carboxylic acids is 2. The zero-order valence-corrected chi connectivity index (χ0v) is 23.3. The van der Waals surface area contributed by atoms with E-state index in [0.717, 1.165) is 4.31 Å². The summed E-state index contributed by atoms with van der Waals surface area (Å²) < 4.78 is 28.3. The Morgan fingerprint density at radius 1 is 0.919 bits per heavy atom. The van der Waals surface area contributed by atoms with Gasteiger partial charge in [0.15, 0.2) is 0 Å². The average Bonchev–Trinajstić information content (AvgIpc) is 2.87. The monoisotopic (exact) mass is 581 g/mol. The molecule has 196 valence electrons. The molecule has 0 saturated carbocycles. The number of carbonyl (C=O) groups is 2. The van der Waals surface area contributed by atoms with Crippen molar-refractivity contribution in [1.82, 2.24) is 10.2 Å². The van der Waals surface area contributed by atoms with Gasteiger partial charge in [-0.05, 0) is 55.8 Å². The lowest BCUT2D eigenvalue weighted by Crippen LogP contribution is -2.51. The maximum absolute atomic E-state index is 13.8. The Balaban J connectivity index is 2.05. The molecule has 1 atom stereocenters. The normalized spacial score (nSPS) is 12.0. The molecule has 3 rings (SSSR count). The second-order valence-electron chi connectivity index (χ2n) is 8.10. The number of likely N-dealkylation sites (N-methyl/N-ethyl adjacent to an activating group) is 1. The number of hydrogen-bond acceptors (Lipinski definition) is 4. The number of rotatable bonds is 10. The van der Waals surface area contributed by atoms with Crippen molar-refractivity contribution < 1.29 is 18.0 Å². The van der Waals surface area contributed by atoms with Crippen LogP contribution in [0.4, 0.5) is 5.69 Å². The topological polar surface area (TPSA) is 86.8 Å². The van der Waals surface area contributed by atoms with Gasteiger partial charge in [-0.15, -0.1) is 0 Å². The second-order valence-corrected chi connectivity index (χ2v) is 11.2. The highest BCUT2D eigenvalue weighted by molar-refractivity contribution is 7.92. The van der Waals surface area contributed by atoms with E-state index in [1.807, 2.05) is 0 Å². The lowest BCUT2D eigenvalue weighted by molar-refractivity contribution is -0.139. The summed E-state index contributed by atoms with van der Waals surface area (Å²) in [4.78, 5) is 27.8. The molecule has 0 aliphatic carbocycles. The second kappa shape index (κ2) is 12.6. The third-order valence-corrected chi connectivity index (χ3v) is 8.29. The summed E-state index contributed by atoms with van der Waals surface area (Å²) in [5.74, 6) is -1.01. The zero-order chi connectivity index (χ0) is 27.2. The highest BCUT2D eigenvalue weighted by Crippen LogP contribution is 2.31. The quantitative estimate of drug-likeness (QED) is 0.347. The first-order valence-electron chi connectivity index (χ1n) is 11.4. The molecule has 3 aromatic rings. The number of benzene rings is 3. The van der Waals surface area contributed by atoms with E-state index in [-0.39, 0.29) is 22.2 Å². The van der Waals surface area contributed by atoms with Crippen molar-refractivity contribution >= 4 is 62.3 Å². The molecular weight excluding hydrogens is 557 g/mol. The van der Waals surface area contributed by atoms with E-state index >= 15 is 0 Å². The van der Waals surface area contributed by atoms with Crippen LogP contribution >= 0.6 is 34.8 Å². The van der Waals surface area contributed by atoms with Crippen LogP contribution in [-0.4, -0.2) is 44.3 Å². The Morgan fingerprint density at radius 3 is 2.19 bits per heavy atom. The molecule has 37 heavy (non-hydrogen) atoms. The molecular formula is C26H26Cl3N3O4S. The summed E-state index contributed by atoms with van der Waals surface area (Å²) >= 11 is 18.7. The summed E-state index contributed by atoms with van der Waals surface area (Å²) in [5.41, 5.74) is 0.683. The van der Waals surface area contributed by atoms with Crippen LogP contribution in [0.2, 0.25) is 15.1 Å². The Bertz CT molecular complexity index is 1370. The lowest BCUT2D eigenvalue weighted by Gasteiger charge is -2.32. The molecule has 0 radical (unpaired) electrons. The van der Waals surface area contributed by atoms with E-state index in [0.29, 0.717) is 22.2 Å².